The molecule has 0 aromatic heterocycles. The molecule has 2 aromatic rings. The Bertz CT molecular complexity index is 855. The molecule has 0 atom stereocenters. The molecule has 1 amide bonds. The van der Waals surface area contributed by atoms with Gasteiger partial charge in [0, 0.05) is 18.7 Å². The van der Waals surface area contributed by atoms with Gasteiger partial charge < -0.3 is 19.1 Å². The van der Waals surface area contributed by atoms with Gasteiger partial charge >= 0.3 is 0 Å². The Morgan fingerprint density at radius 3 is 2.64 bits per heavy atom. The number of hydrogen-bond acceptors (Lipinski definition) is 4. The molecule has 1 spiro atoms. The molecule has 4 rings (SSSR count). The molecule has 5 heteroatoms. The summed E-state index contributed by atoms with van der Waals surface area (Å²) in [6.45, 7) is 2.13. The summed E-state index contributed by atoms with van der Waals surface area (Å²) in [4.78, 5) is 14.8. The van der Waals surface area contributed by atoms with Gasteiger partial charge in [-0.3, -0.25) is 4.79 Å². The van der Waals surface area contributed by atoms with Crippen LogP contribution in [0, 0.1) is 0 Å². The number of carbonyl (C=O) groups excluding carboxylic acids is 1. The molecule has 2 aromatic carbocycles. The van der Waals surface area contributed by atoms with Gasteiger partial charge in [0.15, 0.2) is 0 Å². The number of amides is 1. The van der Waals surface area contributed by atoms with Crippen LogP contribution in [0.15, 0.2) is 42.5 Å². The van der Waals surface area contributed by atoms with Gasteiger partial charge in [-0.15, -0.1) is 0 Å². The Labute approximate surface area is 166 Å². The smallest absolute Gasteiger partial charge is 0.227 e. The number of ether oxygens (including phenoxy) is 3. The number of nitrogens with zero attached hydrogens (tertiary/aromatic N) is 1. The molecule has 0 N–H and O–H groups in total. The molecule has 0 radical (unpaired) electrons. The van der Waals surface area contributed by atoms with Crippen molar-refractivity contribution in [2.45, 2.75) is 31.3 Å². The van der Waals surface area contributed by atoms with Crippen molar-refractivity contribution in [2.75, 3.05) is 33.9 Å². The van der Waals surface area contributed by atoms with E-state index in [9.17, 15) is 4.79 Å². The van der Waals surface area contributed by atoms with Crippen molar-refractivity contribution in [3.05, 3.63) is 59.2 Å². The van der Waals surface area contributed by atoms with Crippen LogP contribution in [0.2, 0.25) is 0 Å². The van der Waals surface area contributed by atoms with Crippen LogP contribution < -0.4 is 9.47 Å². The Kier molecular flexibility index (Phi) is 5.27. The van der Waals surface area contributed by atoms with Crippen LogP contribution in [0.4, 0.5) is 0 Å². The zero-order valence-corrected chi connectivity index (χ0v) is 16.6. The van der Waals surface area contributed by atoms with Crippen LogP contribution in [0.3, 0.4) is 0 Å². The molecule has 2 heterocycles. The van der Waals surface area contributed by atoms with E-state index in [2.05, 4.69) is 12.1 Å². The maximum absolute atomic E-state index is 12.8. The van der Waals surface area contributed by atoms with Gasteiger partial charge in [-0.1, -0.05) is 24.3 Å². The van der Waals surface area contributed by atoms with Crippen LogP contribution >= 0.6 is 0 Å². The number of para-hydroxylation sites is 1. The van der Waals surface area contributed by atoms with Crippen LogP contribution in [0.25, 0.3) is 0 Å². The minimum absolute atomic E-state index is 0.144. The molecule has 2 aliphatic rings. The van der Waals surface area contributed by atoms with E-state index in [0.717, 1.165) is 42.9 Å². The fraction of sp³-hybridized carbons (Fsp3) is 0.435. The molecule has 5 nitrogen and oxygen atoms in total. The van der Waals surface area contributed by atoms with Crippen molar-refractivity contribution in [1.82, 2.24) is 4.90 Å². The second-order valence-electron chi connectivity index (χ2n) is 7.49. The first-order chi connectivity index (χ1) is 13.6. The van der Waals surface area contributed by atoms with E-state index < -0.39 is 0 Å². The lowest BCUT2D eigenvalue weighted by Gasteiger charge is -2.45. The molecule has 0 unspecified atom stereocenters. The van der Waals surface area contributed by atoms with E-state index in [1.807, 2.05) is 35.2 Å². The number of rotatable bonds is 4. The largest absolute Gasteiger partial charge is 0.497 e. The van der Waals surface area contributed by atoms with E-state index in [0.29, 0.717) is 19.5 Å². The molecule has 2 aliphatic heterocycles. The third-order valence-corrected chi connectivity index (χ3v) is 6.01. The number of benzene rings is 2. The molecule has 1 fully saturated rings. The summed E-state index contributed by atoms with van der Waals surface area (Å²) >= 11 is 0. The summed E-state index contributed by atoms with van der Waals surface area (Å²) in [6, 6.07) is 14.0. The second kappa shape index (κ2) is 7.84. The summed E-state index contributed by atoms with van der Waals surface area (Å²) in [7, 11) is 3.34. The maximum atomic E-state index is 12.8. The Morgan fingerprint density at radius 2 is 1.89 bits per heavy atom. The Balaban J connectivity index is 1.46. The number of methoxy groups -OCH3 is 2. The van der Waals surface area contributed by atoms with Gasteiger partial charge in [-0.25, -0.2) is 0 Å². The average Bonchev–Trinajstić information content (AvgIpc) is 2.74. The predicted molar refractivity (Wildman–Crippen MR) is 107 cm³/mol. The number of carbonyl (C=O) groups is 1. The van der Waals surface area contributed by atoms with Gasteiger partial charge in [-0.2, -0.15) is 0 Å². The zero-order valence-electron chi connectivity index (χ0n) is 16.6. The molecule has 0 aliphatic carbocycles. The first kappa shape index (κ1) is 18.8. The van der Waals surface area contributed by atoms with E-state index >= 15 is 0 Å². The van der Waals surface area contributed by atoms with Crippen LogP contribution in [0.1, 0.15) is 29.5 Å². The standard InChI is InChI=1S/C23H27NO4/c1-26-19-7-8-20-17(15-19)9-14-28-23(20)10-12-24(13-11-23)22(25)16-18-5-3-4-6-21(18)27-2/h3-8,15H,9-14,16H2,1-2H3. The molecule has 28 heavy (non-hydrogen) atoms. The van der Waals surface area contributed by atoms with Gasteiger partial charge in [0.1, 0.15) is 11.5 Å². The second-order valence-corrected chi connectivity index (χ2v) is 7.49. The van der Waals surface area contributed by atoms with E-state index in [-0.39, 0.29) is 11.5 Å². The normalized spacial score (nSPS) is 17.9. The lowest BCUT2D eigenvalue weighted by Crippen LogP contribution is -2.48. The van der Waals surface area contributed by atoms with Crippen molar-refractivity contribution in [2.24, 2.45) is 0 Å². The molecular formula is C23H27NO4. The van der Waals surface area contributed by atoms with Gasteiger partial charge in [0.2, 0.25) is 5.91 Å². The monoisotopic (exact) mass is 381 g/mol. The van der Waals surface area contributed by atoms with Crippen molar-refractivity contribution >= 4 is 5.91 Å². The highest BCUT2D eigenvalue weighted by atomic mass is 16.5. The highest BCUT2D eigenvalue weighted by Crippen LogP contribution is 2.42. The van der Waals surface area contributed by atoms with E-state index in [4.69, 9.17) is 14.2 Å². The number of fused-ring (bicyclic) bond motifs is 2. The van der Waals surface area contributed by atoms with Crippen molar-refractivity contribution in [3.63, 3.8) is 0 Å². The molecule has 0 bridgehead atoms. The van der Waals surface area contributed by atoms with Crippen molar-refractivity contribution < 1.29 is 19.0 Å². The van der Waals surface area contributed by atoms with E-state index in [1.54, 1.807) is 14.2 Å². The number of hydrogen-bond donors (Lipinski definition) is 0. The predicted octanol–water partition coefficient (Wildman–Crippen LogP) is 3.34. The maximum Gasteiger partial charge on any atom is 0.227 e. The molecule has 0 saturated carbocycles. The lowest BCUT2D eigenvalue weighted by atomic mass is 9.79. The summed E-state index contributed by atoms with van der Waals surface area (Å²) < 4.78 is 17.0. The van der Waals surface area contributed by atoms with E-state index in [1.165, 1.54) is 11.1 Å². The highest BCUT2D eigenvalue weighted by Gasteiger charge is 2.41. The fourth-order valence-corrected chi connectivity index (χ4v) is 4.44. The zero-order chi connectivity index (χ0) is 19.6. The Morgan fingerprint density at radius 1 is 1.11 bits per heavy atom. The van der Waals surface area contributed by atoms with Crippen molar-refractivity contribution in [3.8, 4) is 11.5 Å². The summed E-state index contributed by atoms with van der Waals surface area (Å²) in [5.74, 6) is 1.80. The molecule has 1 saturated heterocycles. The molecular weight excluding hydrogens is 354 g/mol. The lowest BCUT2D eigenvalue weighted by molar-refractivity contribution is -0.140. The topological polar surface area (TPSA) is 48.0 Å². The van der Waals surface area contributed by atoms with Gasteiger partial charge in [0.25, 0.3) is 0 Å². The Hall–Kier alpha value is -2.53. The van der Waals surface area contributed by atoms with Crippen LogP contribution in [0.5, 0.6) is 11.5 Å². The van der Waals surface area contributed by atoms with Gasteiger partial charge in [-0.05, 0) is 48.6 Å². The number of piperidine rings is 1. The highest BCUT2D eigenvalue weighted by molar-refractivity contribution is 5.79. The first-order valence-electron chi connectivity index (χ1n) is 9.86. The van der Waals surface area contributed by atoms with Crippen molar-refractivity contribution in [1.29, 1.82) is 0 Å². The average molecular weight is 381 g/mol. The summed E-state index contributed by atoms with van der Waals surface area (Å²) in [6.07, 6.45) is 2.92. The third kappa shape index (κ3) is 3.47. The molecule has 148 valence electrons. The minimum Gasteiger partial charge on any atom is -0.497 e. The summed E-state index contributed by atoms with van der Waals surface area (Å²) in [5.41, 5.74) is 3.22. The fourth-order valence-electron chi connectivity index (χ4n) is 4.44. The van der Waals surface area contributed by atoms with Gasteiger partial charge in [0.05, 0.1) is 32.8 Å². The van der Waals surface area contributed by atoms with Crippen LogP contribution in [-0.4, -0.2) is 44.7 Å². The first-order valence-corrected chi connectivity index (χ1v) is 9.86. The SMILES string of the molecule is COc1ccc2c(c1)CCOC21CCN(C(=O)Cc2ccccc2OC)CC1. The van der Waals surface area contributed by atoms with Crippen LogP contribution in [-0.2, 0) is 28.0 Å². The quantitative estimate of drug-likeness (QED) is 0.815. The third-order valence-electron chi connectivity index (χ3n) is 6.01. The summed E-state index contributed by atoms with van der Waals surface area (Å²) in [5, 5.41) is 0. The number of likely N-dealkylation sites (tertiary alicyclic amines) is 1. The minimum atomic E-state index is -0.277.